The molecular weight excluding hydrogens is 236 g/mol. The van der Waals surface area contributed by atoms with E-state index in [2.05, 4.69) is 35.1 Å². The van der Waals surface area contributed by atoms with Gasteiger partial charge in [0.1, 0.15) is 11.9 Å². The molecule has 0 bridgehead atoms. The highest BCUT2D eigenvalue weighted by Gasteiger charge is 2.21. The maximum absolute atomic E-state index is 9.23. The van der Waals surface area contributed by atoms with Crippen LogP contribution in [0.15, 0.2) is 18.3 Å². The SMILES string of the molecule is CC(C)N(CC1CCNCC1)c1ncccc1C#N. The van der Waals surface area contributed by atoms with Crippen molar-refractivity contribution in [2.45, 2.75) is 32.7 Å². The van der Waals surface area contributed by atoms with E-state index in [9.17, 15) is 5.26 Å². The van der Waals surface area contributed by atoms with Crippen LogP contribution in [0.25, 0.3) is 0 Å². The lowest BCUT2D eigenvalue weighted by Crippen LogP contribution is -2.40. The van der Waals surface area contributed by atoms with Gasteiger partial charge in [0, 0.05) is 18.8 Å². The predicted octanol–water partition coefficient (Wildman–Crippen LogP) is 2.17. The molecular formula is C15H22N4. The highest BCUT2D eigenvalue weighted by Crippen LogP contribution is 2.23. The van der Waals surface area contributed by atoms with Crippen LogP contribution in [0.5, 0.6) is 0 Å². The van der Waals surface area contributed by atoms with E-state index in [1.54, 1.807) is 6.20 Å². The van der Waals surface area contributed by atoms with E-state index >= 15 is 0 Å². The monoisotopic (exact) mass is 258 g/mol. The van der Waals surface area contributed by atoms with E-state index in [0.717, 1.165) is 25.5 Å². The van der Waals surface area contributed by atoms with Crippen LogP contribution in [0.4, 0.5) is 5.82 Å². The molecule has 2 heterocycles. The van der Waals surface area contributed by atoms with E-state index in [1.165, 1.54) is 12.8 Å². The van der Waals surface area contributed by atoms with Gasteiger partial charge in [-0.2, -0.15) is 5.26 Å². The van der Waals surface area contributed by atoms with Crippen molar-refractivity contribution in [2.24, 2.45) is 5.92 Å². The van der Waals surface area contributed by atoms with Crippen LogP contribution in [0.1, 0.15) is 32.3 Å². The van der Waals surface area contributed by atoms with Gasteiger partial charge in [0.15, 0.2) is 0 Å². The van der Waals surface area contributed by atoms with Crippen LogP contribution in [-0.2, 0) is 0 Å². The Morgan fingerprint density at radius 2 is 2.21 bits per heavy atom. The van der Waals surface area contributed by atoms with Crippen molar-refractivity contribution >= 4 is 5.82 Å². The molecule has 1 saturated heterocycles. The summed E-state index contributed by atoms with van der Waals surface area (Å²) >= 11 is 0. The summed E-state index contributed by atoms with van der Waals surface area (Å²) in [5, 5.41) is 12.6. The highest BCUT2D eigenvalue weighted by atomic mass is 15.2. The Bertz CT molecular complexity index is 444. The van der Waals surface area contributed by atoms with Crippen molar-refractivity contribution in [3.63, 3.8) is 0 Å². The largest absolute Gasteiger partial charge is 0.353 e. The molecule has 1 aliphatic heterocycles. The maximum atomic E-state index is 9.23. The summed E-state index contributed by atoms with van der Waals surface area (Å²) in [5.74, 6) is 1.52. The van der Waals surface area contributed by atoms with Gasteiger partial charge in [0.2, 0.25) is 0 Å². The van der Waals surface area contributed by atoms with E-state index in [0.29, 0.717) is 17.5 Å². The molecule has 1 aromatic heterocycles. The molecule has 1 fully saturated rings. The Labute approximate surface area is 115 Å². The first-order chi connectivity index (χ1) is 9.22. The molecule has 4 heteroatoms. The standard InChI is InChI=1S/C15H22N4/c1-12(2)19(11-13-5-8-17-9-6-13)15-14(10-16)4-3-7-18-15/h3-4,7,12-13,17H,5-6,8-9,11H2,1-2H3. The van der Waals surface area contributed by atoms with Gasteiger partial charge in [-0.15, -0.1) is 0 Å². The molecule has 0 aromatic carbocycles. The topological polar surface area (TPSA) is 52.0 Å². The maximum Gasteiger partial charge on any atom is 0.146 e. The third-order valence-corrected chi connectivity index (χ3v) is 3.72. The third kappa shape index (κ3) is 3.45. The number of pyridine rings is 1. The Hall–Kier alpha value is -1.60. The quantitative estimate of drug-likeness (QED) is 0.899. The van der Waals surface area contributed by atoms with Crippen molar-refractivity contribution in [1.29, 1.82) is 5.26 Å². The van der Waals surface area contributed by atoms with Crippen molar-refractivity contribution in [3.8, 4) is 6.07 Å². The molecule has 19 heavy (non-hydrogen) atoms. The van der Waals surface area contributed by atoms with E-state index in [1.807, 2.05) is 12.1 Å². The summed E-state index contributed by atoms with van der Waals surface area (Å²) in [6, 6.07) is 6.28. The number of nitrogens with one attached hydrogen (secondary N) is 1. The van der Waals surface area contributed by atoms with E-state index in [4.69, 9.17) is 0 Å². The van der Waals surface area contributed by atoms with Crippen molar-refractivity contribution in [3.05, 3.63) is 23.9 Å². The minimum atomic E-state index is 0.358. The van der Waals surface area contributed by atoms with Crippen LogP contribution in [0.3, 0.4) is 0 Å². The van der Waals surface area contributed by atoms with E-state index < -0.39 is 0 Å². The summed E-state index contributed by atoms with van der Waals surface area (Å²) in [4.78, 5) is 6.70. The van der Waals surface area contributed by atoms with Crippen LogP contribution in [0.2, 0.25) is 0 Å². The van der Waals surface area contributed by atoms with Gasteiger partial charge in [-0.05, 0) is 57.8 Å². The lowest BCUT2D eigenvalue weighted by molar-refractivity contribution is 0.367. The number of anilines is 1. The fourth-order valence-electron chi connectivity index (χ4n) is 2.60. The fourth-order valence-corrected chi connectivity index (χ4v) is 2.60. The Morgan fingerprint density at radius 1 is 1.47 bits per heavy atom. The van der Waals surface area contributed by atoms with Crippen LogP contribution in [0, 0.1) is 17.2 Å². The molecule has 0 spiro atoms. The molecule has 102 valence electrons. The smallest absolute Gasteiger partial charge is 0.146 e. The number of aromatic nitrogens is 1. The summed E-state index contributed by atoms with van der Waals surface area (Å²) in [6.07, 6.45) is 4.18. The van der Waals surface area contributed by atoms with Gasteiger partial charge in [-0.25, -0.2) is 4.98 Å². The predicted molar refractivity (Wildman–Crippen MR) is 77.0 cm³/mol. The van der Waals surface area contributed by atoms with Crippen molar-refractivity contribution in [2.75, 3.05) is 24.5 Å². The zero-order valence-electron chi connectivity index (χ0n) is 11.8. The molecule has 0 aliphatic carbocycles. The van der Waals surface area contributed by atoms with Gasteiger partial charge in [-0.3, -0.25) is 0 Å². The van der Waals surface area contributed by atoms with Crippen LogP contribution in [-0.4, -0.2) is 30.7 Å². The summed E-state index contributed by atoms with van der Waals surface area (Å²) in [7, 11) is 0. The van der Waals surface area contributed by atoms with Gasteiger partial charge in [0.05, 0.1) is 5.56 Å². The second kappa shape index (κ2) is 6.53. The molecule has 0 atom stereocenters. The average molecular weight is 258 g/mol. The molecule has 1 N–H and O–H groups in total. The van der Waals surface area contributed by atoms with Crippen molar-refractivity contribution < 1.29 is 0 Å². The first-order valence-corrected chi connectivity index (χ1v) is 7.05. The molecule has 0 amide bonds. The molecule has 0 saturated carbocycles. The lowest BCUT2D eigenvalue weighted by atomic mass is 9.97. The highest BCUT2D eigenvalue weighted by molar-refractivity contribution is 5.54. The molecule has 4 nitrogen and oxygen atoms in total. The van der Waals surface area contributed by atoms with Gasteiger partial charge >= 0.3 is 0 Å². The fraction of sp³-hybridized carbons (Fsp3) is 0.600. The first kappa shape index (κ1) is 13.8. The molecule has 0 radical (unpaired) electrons. The number of hydrogen-bond donors (Lipinski definition) is 1. The zero-order chi connectivity index (χ0) is 13.7. The second-order valence-electron chi connectivity index (χ2n) is 5.43. The first-order valence-electron chi connectivity index (χ1n) is 7.05. The normalized spacial score (nSPS) is 16.3. The number of nitriles is 1. The Balaban J connectivity index is 2.17. The summed E-state index contributed by atoms with van der Waals surface area (Å²) in [5.41, 5.74) is 0.671. The van der Waals surface area contributed by atoms with Crippen LogP contribution < -0.4 is 10.2 Å². The van der Waals surface area contributed by atoms with Gasteiger partial charge in [0.25, 0.3) is 0 Å². The number of hydrogen-bond acceptors (Lipinski definition) is 4. The Kier molecular flexibility index (Phi) is 4.75. The Morgan fingerprint density at radius 3 is 2.84 bits per heavy atom. The zero-order valence-corrected chi connectivity index (χ0v) is 11.8. The number of rotatable bonds is 4. The third-order valence-electron chi connectivity index (χ3n) is 3.72. The molecule has 0 unspecified atom stereocenters. The minimum Gasteiger partial charge on any atom is -0.353 e. The van der Waals surface area contributed by atoms with E-state index in [-0.39, 0.29) is 0 Å². The average Bonchev–Trinajstić information content (AvgIpc) is 2.45. The van der Waals surface area contributed by atoms with Gasteiger partial charge in [-0.1, -0.05) is 0 Å². The molecule has 1 aliphatic rings. The summed E-state index contributed by atoms with van der Waals surface area (Å²) < 4.78 is 0. The molecule has 2 rings (SSSR count). The number of nitrogens with zero attached hydrogens (tertiary/aromatic N) is 3. The molecule has 1 aromatic rings. The van der Waals surface area contributed by atoms with Crippen molar-refractivity contribution in [1.82, 2.24) is 10.3 Å². The summed E-state index contributed by atoms with van der Waals surface area (Å²) in [6.45, 7) is 7.52. The van der Waals surface area contributed by atoms with Gasteiger partial charge < -0.3 is 10.2 Å². The van der Waals surface area contributed by atoms with Crippen LogP contribution >= 0.6 is 0 Å². The number of piperidine rings is 1. The minimum absolute atomic E-state index is 0.358. The lowest BCUT2D eigenvalue weighted by Gasteiger charge is -2.34. The second-order valence-corrected chi connectivity index (χ2v) is 5.43.